The van der Waals surface area contributed by atoms with Crippen LogP contribution in [0.3, 0.4) is 0 Å². The first-order valence-electron chi connectivity index (χ1n) is 15.9. The molecule has 0 spiro atoms. The molecule has 8 aromatic carbocycles. The average Bonchev–Trinajstić information content (AvgIpc) is 3.69. The Bertz CT molecular complexity index is 2810. The molecule has 0 unspecified atom stereocenters. The van der Waals surface area contributed by atoms with Crippen LogP contribution in [0.5, 0.6) is 0 Å². The molecule has 2 aromatic heterocycles. The Morgan fingerprint density at radius 3 is 1.79 bits per heavy atom. The maximum absolute atomic E-state index is 6.24. The van der Waals surface area contributed by atoms with Gasteiger partial charge in [0.05, 0.1) is 5.69 Å². The number of fused-ring (bicyclic) bond motifs is 9. The Hall–Kier alpha value is -6.32. The Labute approximate surface area is 270 Å². The number of nitrogens with zero attached hydrogens (tertiary/aromatic N) is 1. The van der Waals surface area contributed by atoms with Crippen LogP contribution in [0.2, 0.25) is 0 Å². The van der Waals surface area contributed by atoms with Gasteiger partial charge >= 0.3 is 0 Å². The zero-order valence-corrected chi connectivity index (χ0v) is 25.4. The van der Waals surface area contributed by atoms with Crippen molar-refractivity contribution in [3.8, 4) is 11.1 Å². The lowest BCUT2D eigenvalue weighted by Crippen LogP contribution is -2.11. The molecule has 0 saturated carbocycles. The molecule has 2 heterocycles. The molecule has 0 aliphatic heterocycles. The van der Waals surface area contributed by atoms with Crippen LogP contribution >= 0.6 is 0 Å². The highest BCUT2D eigenvalue weighted by Crippen LogP contribution is 2.44. The summed E-state index contributed by atoms with van der Waals surface area (Å²) in [4.78, 5) is 2.37. The van der Waals surface area contributed by atoms with Gasteiger partial charge < -0.3 is 13.7 Å². The van der Waals surface area contributed by atoms with Crippen molar-refractivity contribution < 1.29 is 8.83 Å². The third kappa shape index (κ3) is 4.07. The van der Waals surface area contributed by atoms with Crippen LogP contribution in [0, 0.1) is 0 Å². The lowest BCUT2D eigenvalue weighted by atomic mass is 9.97. The SMILES string of the molecule is c1ccc(N(c2ccc3ccc4cc5oc6ccccc6c5cc4c3c2)c2ccccc2-c2ccc3oc4ccccc4c3c2)cc1. The van der Waals surface area contributed by atoms with Crippen LogP contribution in [-0.4, -0.2) is 0 Å². The summed E-state index contributed by atoms with van der Waals surface area (Å²) in [5.74, 6) is 0. The molecule has 220 valence electrons. The van der Waals surface area contributed by atoms with Gasteiger partial charge in [-0.3, -0.25) is 0 Å². The molecule has 0 fully saturated rings. The van der Waals surface area contributed by atoms with Gasteiger partial charge in [0.2, 0.25) is 0 Å². The van der Waals surface area contributed by atoms with E-state index in [0.29, 0.717) is 0 Å². The number of anilines is 3. The molecule has 0 N–H and O–H groups in total. The topological polar surface area (TPSA) is 29.5 Å². The minimum absolute atomic E-state index is 0.897. The summed E-state index contributed by atoms with van der Waals surface area (Å²) in [6.45, 7) is 0. The van der Waals surface area contributed by atoms with Crippen molar-refractivity contribution in [1.29, 1.82) is 0 Å². The quantitative estimate of drug-likeness (QED) is 0.188. The third-order valence-corrected chi connectivity index (χ3v) is 9.42. The van der Waals surface area contributed by atoms with Gasteiger partial charge in [-0.1, -0.05) is 97.1 Å². The monoisotopic (exact) mass is 601 g/mol. The first-order valence-corrected chi connectivity index (χ1v) is 15.9. The minimum Gasteiger partial charge on any atom is -0.456 e. The summed E-state index contributed by atoms with van der Waals surface area (Å²) in [6.07, 6.45) is 0. The summed E-state index contributed by atoms with van der Waals surface area (Å²) < 4.78 is 12.4. The van der Waals surface area contributed by atoms with Crippen LogP contribution in [0.15, 0.2) is 173 Å². The highest BCUT2D eigenvalue weighted by atomic mass is 16.3. The number of para-hydroxylation sites is 4. The van der Waals surface area contributed by atoms with E-state index in [1.807, 2.05) is 24.3 Å². The predicted octanol–water partition coefficient (Wildman–Crippen LogP) is 12.9. The van der Waals surface area contributed by atoms with Crippen molar-refractivity contribution in [3.05, 3.63) is 164 Å². The van der Waals surface area contributed by atoms with Crippen molar-refractivity contribution >= 4 is 82.5 Å². The zero-order valence-electron chi connectivity index (χ0n) is 25.4. The maximum Gasteiger partial charge on any atom is 0.136 e. The smallest absolute Gasteiger partial charge is 0.136 e. The summed E-state index contributed by atoms with van der Waals surface area (Å²) >= 11 is 0. The molecule has 0 aliphatic rings. The maximum atomic E-state index is 6.24. The molecule has 0 radical (unpaired) electrons. The largest absolute Gasteiger partial charge is 0.456 e. The Morgan fingerprint density at radius 1 is 0.340 bits per heavy atom. The zero-order chi connectivity index (χ0) is 30.9. The van der Waals surface area contributed by atoms with Crippen molar-refractivity contribution in [1.82, 2.24) is 0 Å². The Kier molecular flexibility index (Phi) is 5.57. The number of furan rings is 2. The normalized spacial score (nSPS) is 11.8. The summed E-state index contributed by atoms with van der Waals surface area (Å²) in [6, 6.07) is 58.1. The lowest BCUT2D eigenvalue weighted by molar-refractivity contribution is 0.669. The second-order valence-corrected chi connectivity index (χ2v) is 12.1. The van der Waals surface area contributed by atoms with Gasteiger partial charge in [0, 0.05) is 38.5 Å². The highest BCUT2D eigenvalue weighted by Gasteiger charge is 2.19. The van der Waals surface area contributed by atoms with E-state index in [1.165, 1.54) is 16.2 Å². The fourth-order valence-corrected chi connectivity index (χ4v) is 7.21. The molecule has 47 heavy (non-hydrogen) atoms. The molecular formula is C44H27NO2. The standard InChI is InChI=1S/C44H27NO2/c1-2-10-31(11-3-1)45(40-15-7-4-12-33(40)29-21-23-43-38(24-29)34-13-5-8-16-41(34)46-43)32-22-20-28-18-19-30-25-44-39(27-37(30)36(28)26-32)35-14-6-9-17-42(35)47-44/h1-27H. The van der Waals surface area contributed by atoms with E-state index in [2.05, 4.69) is 144 Å². The molecule has 3 heteroatoms. The lowest BCUT2D eigenvalue weighted by Gasteiger charge is -2.28. The molecule has 0 atom stereocenters. The second-order valence-electron chi connectivity index (χ2n) is 12.1. The van der Waals surface area contributed by atoms with Crippen LogP contribution in [0.4, 0.5) is 17.1 Å². The van der Waals surface area contributed by atoms with Gasteiger partial charge in [-0.15, -0.1) is 0 Å². The van der Waals surface area contributed by atoms with Crippen molar-refractivity contribution in [3.63, 3.8) is 0 Å². The van der Waals surface area contributed by atoms with Crippen LogP contribution in [0.25, 0.3) is 76.5 Å². The Balaban J connectivity index is 1.20. The van der Waals surface area contributed by atoms with Gasteiger partial charge in [0.25, 0.3) is 0 Å². The Morgan fingerprint density at radius 2 is 0.957 bits per heavy atom. The first kappa shape index (κ1) is 26.0. The molecular weight excluding hydrogens is 574 g/mol. The number of benzene rings is 8. The number of hydrogen-bond donors (Lipinski definition) is 0. The van der Waals surface area contributed by atoms with E-state index in [9.17, 15) is 0 Å². The van der Waals surface area contributed by atoms with Gasteiger partial charge in [0.15, 0.2) is 0 Å². The first-order chi connectivity index (χ1) is 23.3. The molecule has 0 bridgehead atoms. The van der Waals surface area contributed by atoms with E-state index in [1.54, 1.807) is 0 Å². The average molecular weight is 602 g/mol. The van der Waals surface area contributed by atoms with E-state index >= 15 is 0 Å². The molecule has 3 nitrogen and oxygen atoms in total. The molecule has 10 aromatic rings. The van der Waals surface area contributed by atoms with Crippen LogP contribution < -0.4 is 4.90 Å². The molecule has 0 aliphatic carbocycles. The summed E-state index contributed by atoms with van der Waals surface area (Å²) in [5.41, 5.74) is 9.21. The highest BCUT2D eigenvalue weighted by molar-refractivity contribution is 6.17. The van der Waals surface area contributed by atoms with E-state index in [0.717, 1.165) is 77.5 Å². The number of rotatable bonds is 4. The van der Waals surface area contributed by atoms with Crippen LogP contribution in [-0.2, 0) is 0 Å². The second kappa shape index (κ2) is 10.1. The van der Waals surface area contributed by atoms with Crippen molar-refractivity contribution in [2.45, 2.75) is 0 Å². The van der Waals surface area contributed by atoms with Crippen molar-refractivity contribution in [2.24, 2.45) is 0 Å². The van der Waals surface area contributed by atoms with Gasteiger partial charge in [-0.05, 0) is 93.8 Å². The van der Waals surface area contributed by atoms with E-state index < -0.39 is 0 Å². The summed E-state index contributed by atoms with van der Waals surface area (Å²) in [5, 5.41) is 9.30. The van der Waals surface area contributed by atoms with Crippen molar-refractivity contribution in [2.75, 3.05) is 4.90 Å². The third-order valence-electron chi connectivity index (χ3n) is 9.42. The van der Waals surface area contributed by atoms with E-state index in [4.69, 9.17) is 8.83 Å². The number of hydrogen-bond acceptors (Lipinski definition) is 3. The molecule has 10 rings (SSSR count). The predicted molar refractivity (Wildman–Crippen MR) is 196 cm³/mol. The van der Waals surface area contributed by atoms with Crippen LogP contribution in [0.1, 0.15) is 0 Å². The van der Waals surface area contributed by atoms with Gasteiger partial charge in [-0.25, -0.2) is 0 Å². The molecule has 0 saturated heterocycles. The van der Waals surface area contributed by atoms with Gasteiger partial charge in [0.1, 0.15) is 22.3 Å². The fourth-order valence-electron chi connectivity index (χ4n) is 7.21. The molecule has 0 amide bonds. The summed E-state index contributed by atoms with van der Waals surface area (Å²) in [7, 11) is 0. The van der Waals surface area contributed by atoms with E-state index in [-0.39, 0.29) is 0 Å². The fraction of sp³-hybridized carbons (Fsp3) is 0. The minimum atomic E-state index is 0.897. The van der Waals surface area contributed by atoms with Gasteiger partial charge in [-0.2, -0.15) is 0 Å².